The van der Waals surface area contributed by atoms with E-state index in [1.807, 2.05) is 0 Å². The average Bonchev–Trinajstić information content (AvgIpc) is 2.84. The smallest absolute Gasteiger partial charge is 0.343 e. The highest BCUT2D eigenvalue weighted by Crippen LogP contribution is 2.27. The van der Waals surface area contributed by atoms with Crippen LogP contribution in [0.15, 0.2) is 109 Å². The van der Waals surface area contributed by atoms with E-state index in [1.54, 1.807) is 81.6 Å². The van der Waals surface area contributed by atoms with Gasteiger partial charge in [0.15, 0.2) is 0 Å². The molecule has 0 fully saturated rings. The molecular formula is C28H28O6. The quantitative estimate of drug-likeness (QED) is 0.239. The van der Waals surface area contributed by atoms with Crippen molar-refractivity contribution in [2.24, 2.45) is 0 Å². The van der Waals surface area contributed by atoms with Gasteiger partial charge in [-0.25, -0.2) is 9.59 Å². The van der Waals surface area contributed by atoms with Crippen LogP contribution < -0.4 is 9.47 Å². The fourth-order valence-corrected chi connectivity index (χ4v) is 2.91. The molecule has 0 atom stereocenters. The summed E-state index contributed by atoms with van der Waals surface area (Å²) < 4.78 is 21.6. The lowest BCUT2D eigenvalue weighted by molar-refractivity contribution is 0.0620. The second-order valence-corrected chi connectivity index (χ2v) is 7.02. The zero-order valence-corrected chi connectivity index (χ0v) is 19.8. The minimum Gasteiger partial charge on any atom is -0.497 e. The van der Waals surface area contributed by atoms with Crippen LogP contribution in [0.4, 0.5) is 0 Å². The molecule has 0 radical (unpaired) electrons. The number of hydrogen-bond acceptors (Lipinski definition) is 6. The molecule has 0 heterocycles. The molecule has 6 heteroatoms. The van der Waals surface area contributed by atoms with Gasteiger partial charge in [0.2, 0.25) is 0 Å². The van der Waals surface area contributed by atoms with E-state index in [0.717, 1.165) is 0 Å². The summed E-state index contributed by atoms with van der Waals surface area (Å²) in [6.07, 6.45) is 6.29. The number of rotatable bonds is 10. The zero-order chi connectivity index (χ0) is 25.1. The maximum Gasteiger partial charge on any atom is 0.343 e. The number of ether oxygens (including phenoxy) is 4. The van der Waals surface area contributed by atoms with E-state index in [1.165, 1.54) is 19.3 Å². The molecular weight excluding hydrogens is 432 g/mol. The maximum atomic E-state index is 12.8. The largest absolute Gasteiger partial charge is 0.497 e. The number of methoxy groups -OCH3 is 2. The van der Waals surface area contributed by atoms with Crippen molar-refractivity contribution in [3.05, 3.63) is 120 Å². The first-order valence-electron chi connectivity index (χ1n) is 10.4. The molecule has 0 saturated carbocycles. The van der Waals surface area contributed by atoms with Crippen molar-refractivity contribution >= 4 is 11.9 Å². The SMILES string of the molecule is C=C\C=C(OC(=O)c1ccc(OC)cc1)/C(C(=C)C)=C(/C=C\C)OC(=O)c1ccc(OC)cc1. The van der Waals surface area contributed by atoms with Gasteiger partial charge in [-0.3, -0.25) is 0 Å². The lowest BCUT2D eigenvalue weighted by Gasteiger charge is -2.16. The van der Waals surface area contributed by atoms with Crippen molar-refractivity contribution in [1.82, 2.24) is 0 Å². The number of esters is 2. The summed E-state index contributed by atoms with van der Waals surface area (Å²) in [7, 11) is 3.08. The molecule has 0 aromatic heterocycles. The highest BCUT2D eigenvalue weighted by molar-refractivity contribution is 5.91. The number of carbonyl (C=O) groups excluding carboxylic acids is 2. The van der Waals surface area contributed by atoms with Crippen LogP contribution in [-0.4, -0.2) is 26.2 Å². The molecule has 176 valence electrons. The van der Waals surface area contributed by atoms with Crippen molar-refractivity contribution in [2.75, 3.05) is 14.2 Å². The second-order valence-electron chi connectivity index (χ2n) is 7.02. The molecule has 0 aliphatic rings. The first-order chi connectivity index (χ1) is 16.3. The van der Waals surface area contributed by atoms with Crippen LogP contribution in [0, 0.1) is 0 Å². The van der Waals surface area contributed by atoms with E-state index in [4.69, 9.17) is 18.9 Å². The first kappa shape index (κ1) is 25.9. The van der Waals surface area contributed by atoms with Crippen LogP contribution in [-0.2, 0) is 9.47 Å². The Morgan fingerprint density at radius 2 is 1.29 bits per heavy atom. The van der Waals surface area contributed by atoms with Crippen molar-refractivity contribution in [1.29, 1.82) is 0 Å². The number of allylic oxidation sites excluding steroid dienone is 5. The summed E-state index contributed by atoms with van der Waals surface area (Å²) in [4.78, 5) is 25.6. The third kappa shape index (κ3) is 6.84. The van der Waals surface area contributed by atoms with Gasteiger partial charge >= 0.3 is 11.9 Å². The Morgan fingerprint density at radius 1 is 0.824 bits per heavy atom. The molecule has 0 aliphatic heterocycles. The lowest BCUT2D eigenvalue weighted by atomic mass is 10.0. The highest BCUT2D eigenvalue weighted by Gasteiger charge is 2.21. The summed E-state index contributed by atoms with van der Waals surface area (Å²) in [5.74, 6) is 0.349. The molecule has 2 rings (SSSR count). The van der Waals surface area contributed by atoms with E-state index in [0.29, 0.717) is 33.8 Å². The molecule has 2 aromatic rings. The molecule has 0 N–H and O–H groups in total. The molecule has 0 amide bonds. The van der Waals surface area contributed by atoms with Crippen LogP contribution in [0.25, 0.3) is 0 Å². The molecule has 0 aliphatic carbocycles. The molecule has 6 nitrogen and oxygen atoms in total. The number of benzene rings is 2. The highest BCUT2D eigenvalue weighted by atomic mass is 16.5. The summed E-state index contributed by atoms with van der Waals surface area (Å²) in [6.45, 7) is 11.2. The van der Waals surface area contributed by atoms with Gasteiger partial charge in [0.1, 0.15) is 23.0 Å². The molecule has 0 spiro atoms. The van der Waals surface area contributed by atoms with Gasteiger partial charge in [-0.05, 0) is 80.1 Å². The average molecular weight is 461 g/mol. The first-order valence-corrected chi connectivity index (χ1v) is 10.4. The molecule has 2 aromatic carbocycles. The van der Waals surface area contributed by atoms with Gasteiger partial charge in [-0.1, -0.05) is 25.3 Å². The predicted octanol–water partition coefficient (Wildman–Crippen LogP) is 6.19. The van der Waals surface area contributed by atoms with Gasteiger partial charge < -0.3 is 18.9 Å². The van der Waals surface area contributed by atoms with Gasteiger partial charge in [0, 0.05) is 0 Å². The van der Waals surface area contributed by atoms with Crippen LogP contribution in [0.1, 0.15) is 34.6 Å². The van der Waals surface area contributed by atoms with Crippen molar-refractivity contribution in [3.63, 3.8) is 0 Å². The number of hydrogen-bond donors (Lipinski definition) is 0. The standard InChI is InChI=1S/C28H28O6/c1-7-9-24(33-27(29)20-11-15-22(31-5)16-12-20)26(19(3)4)25(10-8-2)34-28(30)21-13-17-23(32-6)18-14-21/h7-18H,1,3H2,2,4-6H3/b10-8-,24-9+,26-25-. The van der Waals surface area contributed by atoms with Crippen LogP contribution in [0.5, 0.6) is 11.5 Å². The summed E-state index contributed by atoms with van der Waals surface area (Å²) in [6, 6.07) is 13.0. The third-order valence-corrected chi connectivity index (χ3v) is 4.56. The Morgan fingerprint density at radius 3 is 1.68 bits per heavy atom. The van der Waals surface area contributed by atoms with E-state index in [2.05, 4.69) is 13.2 Å². The summed E-state index contributed by atoms with van der Waals surface area (Å²) in [5.41, 5.74) is 1.51. The Labute approximate surface area is 200 Å². The fraction of sp³-hybridized carbons (Fsp3) is 0.143. The van der Waals surface area contributed by atoms with Crippen LogP contribution in [0.2, 0.25) is 0 Å². The van der Waals surface area contributed by atoms with Gasteiger partial charge in [-0.2, -0.15) is 0 Å². The van der Waals surface area contributed by atoms with Crippen molar-refractivity contribution < 1.29 is 28.5 Å². The monoisotopic (exact) mass is 460 g/mol. The fourth-order valence-electron chi connectivity index (χ4n) is 2.91. The Balaban J connectivity index is 2.44. The second kappa shape index (κ2) is 12.6. The van der Waals surface area contributed by atoms with Crippen LogP contribution >= 0.6 is 0 Å². The minimum absolute atomic E-state index is 0.138. The predicted molar refractivity (Wildman–Crippen MR) is 132 cm³/mol. The normalized spacial score (nSPS) is 11.9. The Bertz CT molecular complexity index is 1130. The van der Waals surface area contributed by atoms with E-state index in [-0.39, 0.29) is 11.5 Å². The molecule has 0 saturated heterocycles. The maximum absolute atomic E-state index is 12.8. The Hall–Kier alpha value is -4.32. The van der Waals surface area contributed by atoms with Crippen molar-refractivity contribution in [3.8, 4) is 11.5 Å². The summed E-state index contributed by atoms with van der Waals surface area (Å²) in [5, 5.41) is 0. The van der Waals surface area contributed by atoms with Crippen LogP contribution in [0.3, 0.4) is 0 Å². The van der Waals surface area contributed by atoms with E-state index < -0.39 is 11.9 Å². The summed E-state index contributed by atoms with van der Waals surface area (Å²) >= 11 is 0. The third-order valence-electron chi connectivity index (χ3n) is 4.56. The van der Waals surface area contributed by atoms with Gasteiger partial charge in [0.05, 0.1) is 30.9 Å². The van der Waals surface area contributed by atoms with Gasteiger partial charge in [0.25, 0.3) is 0 Å². The lowest BCUT2D eigenvalue weighted by Crippen LogP contribution is -2.11. The van der Waals surface area contributed by atoms with E-state index in [9.17, 15) is 9.59 Å². The molecule has 0 bridgehead atoms. The Kier molecular flexibility index (Phi) is 9.65. The molecule has 34 heavy (non-hydrogen) atoms. The topological polar surface area (TPSA) is 71.1 Å². The van der Waals surface area contributed by atoms with Crippen molar-refractivity contribution in [2.45, 2.75) is 13.8 Å². The zero-order valence-electron chi connectivity index (χ0n) is 19.8. The minimum atomic E-state index is -0.601. The van der Waals surface area contributed by atoms with Gasteiger partial charge in [-0.15, -0.1) is 0 Å². The van der Waals surface area contributed by atoms with E-state index >= 15 is 0 Å². The number of carbonyl (C=O) groups is 2. The molecule has 0 unspecified atom stereocenters.